The number of hydrogen-bond donors (Lipinski definition) is 2. The van der Waals surface area contributed by atoms with Crippen molar-refractivity contribution in [3.8, 4) is 0 Å². The van der Waals surface area contributed by atoms with Gasteiger partial charge in [0.15, 0.2) is 15.9 Å². The van der Waals surface area contributed by atoms with Gasteiger partial charge in [-0.25, -0.2) is 13.4 Å². The Morgan fingerprint density at radius 3 is 2.83 bits per heavy atom. The lowest BCUT2D eigenvalue weighted by atomic mass is 10.2. The van der Waals surface area contributed by atoms with Crippen LogP contribution in [0.1, 0.15) is 32.0 Å². The Hall–Kier alpha value is -2.75. The van der Waals surface area contributed by atoms with Crippen molar-refractivity contribution in [1.29, 1.82) is 0 Å². The van der Waals surface area contributed by atoms with Crippen molar-refractivity contribution < 1.29 is 22.7 Å². The van der Waals surface area contributed by atoms with Crippen molar-refractivity contribution in [2.24, 2.45) is 0 Å². The molecule has 0 unspecified atom stereocenters. The summed E-state index contributed by atoms with van der Waals surface area (Å²) in [5.41, 5.74) is 0.362. The van der Waals surface area contributed by atoms with Crippen LogP contribution in [0.15, 0.2) is 29.1 Å². The van der Waals surface area contributed by atoms with Gasteiger partial charge < -0.3 is 15.0 Å². The van der Waals surface area contributed by atoms with Gasteiger partial charge in [0.05, 0.1) is 22.4 Å². The van der Waals surface area contributed by atoms with Crippen LogP contribution in [0.3, 0.4) is 0 Å². The maximum Gasteiger partial charge on any atom is 0.306 e. The van der Waals surface area contributed by atoms with Crippen molar-refractivity contribution >= 4 is 32.6 Å². The first kappa shape index (κ1) is 21.0. The highest BCUT2D eigenvalue weighted by Crippen LogP contribution is 2.12. The molecule has 3 rings (SSSR count). The van der Waals surface area contributed by atoms with Gasteiger partial charge >= 0.3 is 5.97 Å². The molecule has 1 aromatic heterocycles. The molecule has 0 radical (unpaired) electrons. The Morgan fingerprint density at radius 2 is 2.10 bits per heavy atom. The third-order valence-electron chi connectivity index (χ3n) is 4.71. The van der Waals surface area contributed by atoms with Gasteiger partial charge in [0.1, 0.15) is 5.82 Å². The van der Waals surface area contributed by atoms with Crippen molar-refractivity contribution in [3.05, 3.63) is 40.4 Å². The fourth-order valence-corrected chi connectivity index (χ4v) is 4.86. The first-order chi connectivity index (χ1) is 13.7. The summed E-state index contributed by atoms with van der Waals surface area (Å²) in [6.45, 7) is 1.44. The Bertz CT molecular complexity index is 1080. The molecule has 156 valence electrons. The van der Waals surface area contributed by atoms with E-state index >= 15 is 0 Å². The lowest BCUT2D eigenvalue weighted by molar-refractivity contribution is -0.155. The highest BCUT2D eigenvalue weighted by molar-refractivity contribution is 7.91. The number of para-hydroxylation sites is 1. The van der Waals surface area contributed by atoms with Gasteiger partial charge in [-0.3, -0.25) is 14.4 Å². The number of fused-ring (bicyclic) bond motifs is 1. The number of carbonyl (C=O) groups is 2. The number of esters is 1. The second-order valence-electron chi connectivity index (χ2n) is 7.12. The van der Waals surface area contributed by atoms with E-state index in [0.29, 0.717) is 36.0 Å². The van der Waals surface area contributed by atoms with Crippen LogP contribution < -0.4 is 10.9 Å². The monoisotopic (exact) mass is 421 g/mol. The number of H-pyrrole nitrogens is 1. The highest BCUT2D eigenvalue weighted by Gasteiger charge is 2.30. The molecule has 0 aliphatic carbocycles. The van der Waals surface area contributed by atoms with Gasteiger partial charge in [0, 0.05) is 18.9 Å². The fraction of sp³-hybridized carbons (Fsp3) is 0.474. The lowest BCUT2D eigenvalue weighted by Crippen LogP contribution is -2.42. The molecule has 1 aliphatic heterocycles. The van der Waals surface area contributed by atoms with Crippen molar-refractivity contribution in [2.45, 2.75) is 44.8 Å². The minimum Gasteiger partial charge on any atom is -0.453 e. The van der Waals surface area contributed by atoms with E-state index in [1.165, 1.54) is 6.92 Å². The number of rotatable bonds is 7. The van der Waals surface area contributed by atoms with E-state index < -0.39 is 33.9 Å². The minimum absolute atomic E-state index is 0.0526. The van der Waals surface area contributed by atoms with E-state index in [1.54, 1.807) is 24.3 Å². The predicted molar refractivity (Wildman–Crippen MR) is 106 cm³/mol. The third-order valence-corrected chi connectivity index (χ3v) is 6.48. The molecule has 1 amide bonds. The molecule has 2 atom stereocenters. The predicted octanol–water partition coefficient (Wildman–Crippen LogP) is 0.481. The van der Waals surface area contributed by atoms with E-state index in [1.807, 2.05) is 0 Å². The molecule has 2 aromatic rings. The molecule has 1 aromatic carbocycles. The molecule has 2 heterocycles. The number of aromatic nitrogens is 2. The van der Waals surface area contributed by atoms with E-state index in [4.69, 9.17) is 4.74 Å². The topological polar surface area (TPSA) is 135 Å². The lowest BCUT2D eigenvalue weighted by Gasteiger charge is -2.16. The van der Waals surface area contributed by atoms with Gasteiger partial charge in [-0.1, -0.05) is 12.1 Å². The molecule has 1 aliphatic rings. The van der Waals surface area contributed by atoms with Gasteiger partial charge in [-0.2, -0.15) is 0 Å². The number of benzene rings is 1. The zero-order valence-electron chi connectivity index (χ0n) is 16.0. The van der Waals surface area contributed by atoms with Crippen LogP contribution in [-0.2, 0) is 30.6 Å². The average molecular weight is 421 g/mol. The number of aryl methyl sites for hydroxylation is 1. The molecule has 29 heavy (non-hydrogen) atoms. The molecular formula is C19H23N3O6S. The SMILES string of the molecule is C[C@H](OC(=O)CCCc1nc2ccccc2c(=O)[nH]1)C(=O)N[C@H]1CCS(=O)(=O)C1. The van der Waals surface area contributed by atoms with Crippen LogP contribution in [0.2, 0.25) is 0 Å². The average Bonchev–Trinajstić information content (AvgIpc) is 3.00. The zero-order valence-corrected chi connectivity index (χ0v) is 16.8. The highest BCUT2D eigenvalue weighted by atomic mass is 32.2. The second-order valence-corrected chi connectivity index (χ2v) is 9.35. The molecule has 0 bridgehead atoms. The summed E-state index contributed by atoms with van der Waals surface area (Å²) in [6, 6.07) is 6.55. The molecule has 10 heteroatoms. The van der Waals surface area contributed by atoms with Crippen LogP contribution in [0.4, 0.5) is 0 Å². The molecule has 1 saturated heterocycles. The normalized spacial score (nSPS) is 19.0. The number of hydrogen-bond acceptors (Lipinski definition) is 7. The zero-order chi connectivity index (χ0) is 21.0. The van der Waals surface area contributed by atoms with Gasteiger partial charge in [0.2, 0.25) is 0 Å². The number of carbonyl (C=O) groups excluding carboxylic acids is 2. The third kappa shape index (κ3) is 5.63. The van der Waals surface area contributed by atoms with Crippen LogP contribution in [0.25, 0.3) is 10.9 Å². The van der Waals surface area contributed by atoms with Crippen LogP contribution in [-0.4, -0.2) is 53.9 Å². The quantitative estimate of drug-likeness (QED) is 0.621. The van der Waals surface area contributed by atoms with E-state index in [0.717, 1.165) is 0 Å². The van der Waals surface area contributed by atoms with Crippen LogP contribution in [0.5, 0.6) is 0 Å². The molecular weight excluding hydrogens is 398 g/mol. The van der Waals surface area contributed by atoms with Crippen LogP contribution in [0, 0.1) is 0 Å². The number of amides is 1. The summed E-state index contributed by atoms with van der Waals surface area (Å²) in [4.78, 5) is 43.1. The summed E-state index contributed by atoms with van der Waals surface area (Å²) in [7, 11) is -3.10. The number of nitrogens with one attached hydrogen (secondary N) is 2. The summed E-state index contributed by atoms with van der Waals surface area (Å²) in [5.74, 6) is -0.613. The molecule has 0 spiro atoms. The van der Waals surface area contributed by atoms with Crippen LogP contribution >= 0.6 is 0 Å². The van der Waals surface area contributed by atoms with E-state index in [9.17, 15) is 22.8 Å². The summed E-state index contributed by atoms with van der Waals surface area (Å²) < 4.78 is 28.0. The van der Waals surface area contributed by atoms with E-state index in [-0.39, 0.29) is 23.5 Å². The largest absolute Gasteiger partial charge is 0.453 e. The Morgan fingerprint density at radius 1 is 1.34 bits per heavy atom. The van der Waals surface area contributed by atoms with Crippen molar-refractivity contribution in [2.75, 3.05) is 11.5 Å². The van der Waals surface area contributed by atoms with Gasteiger partial charge in [0.25, 0.3) is 11.5 Å². The Labute approximate surface area is 167 Å². The smallest absolute Gasteiger partial charge is 0.306 e. The summed E-state index contributed by atoms with van der Waals surface area (Å²) >= 11 is 0. The number of sulfone groups is 1. The Kier molecular flexibility index (Phi) is 6.31. The molecule has 9 nitrogen and oxygen atoms in total. The number of ether oxygens (including phenoxy) is 1. The first-order valence-electron chi connectivity index (χ1n) is 9.42. The molecule has 2 N–H and O–H groups in total. The van der Waals surface area contributed by atoms with Gasteiger partial charge in [-0.15, -0.1) is 0 Å². The number of aromatic amines is 1. The minimum atomic E-state index is -3.10. The van der Waals surface area contributed by atoms with Gasteiger partial charge in [-0.05, 0) is 31.9 Å². The summed E-state index contributed by atoms with van der Waals surface area (Å²) in [6.07, 6.45) is 0.201. The fourth-order valence-electron chi connectivity index (χ4n) is 3.19. The van der Waals surface area contributed by atoms with Crippen molar-refractivity contribution in [1.82, 2.24) is 15.3 Å². The molecule has 0 saturated carbocycles. The standard InChI is InChI=1S/C19H23N3O6S/c1-12(18(24)20-13-9-10-29(26,27)11-13)28-17(23)8-4-7-16-21-15-6-3-2-5-14(15)19(25)22-16/h2-3,5-6,12-13H,4,7-11H2,1H3,(H,20,24)(H,21,22,25)/t12-,13-/m0/s1. The number of nitrogens with zero attached hydrogens (tertiary/aromatic N) is 1. The maximum atomic E-state index is 12.1. The second kappa shape index (κ2) is 8.73. The maximum absolute atomic E-state index is 12.1. The Balaban J connectivity index is 1.45. The van der Waals surface area contributed by atoms with E-state index in [2.05, 4.69) is 15.3 Å². The molecule has 1 fully saturated rings. The first-order valence-corrected chi connectivity index (χ1v) is 11.2. The summed E-state index contributed by atoms with van der Waals surface area (Å²) in [5, 5.41) is 3.10. The van der Waals surface area contributed by atoms with Crippen molar-refractivity contribution in [3.63, 3.8) is 0 Å².